The Labute approximate surface area is 198 Å². The number of alkyl halides is 3. The number of hydrogen-bond acceptors (Lipinski definition) is 4. The van der Waals surface area contributed by atoms with E-state index in [4.69, 9.17) is 0 Å². The number of rotatable bonds is 8. The summed E-state index contributed by atoms with van der Waals surface area (Å²) in [5, 5.41) is 4.27. The van der Waals surface area contributed by atoms with Gasteiger partial charge in [0.1, 0.15) is 11.3 Å². The molecule has 11 heteroatoms. The molecule has 35 heavy (non-hydrogen) atoms. The van der Waals surface area contributed by atoms with Gasteiger partial charge in [-0.2, -0.15) is 18.3 Å². The number of aromatic amines is 1. The second-order valence-electron chi connectivity index (χ2n) is 8.15. The molecule has 3 heterocycles. The number of nitrogens with zero attached hydrogens (tertiary/aromatic N) is 5. The summed E-state index contributed by atoms with van der Waals surface area (Å²) in [4.78, 5) is 33.3. The molecule has 184 valence electrons. The zero-order chi connectivity index (χ0) is 25.2. The van der Waals surface area contributed by atoms with Gasteiger partial charge in [-0.15, -0.1) is 0 Å². The van der Waals surface area contributed by atoms with Crippen molar-refractivity contribution in [3.63, 3.8) is 0 Å². The Balaban J connectivity index is 1.60. The standard InChI is InChI=1S/C24H25F3N6O2/c1-3-10-32-21-19(22(34)33(11-4-2)23(32)35)29-20(30-21)17-14-28-31(15-17)12-6-8-16-7-5-9-18(13-16)24(25,26)27/h5-9,13-15H,3-4,10-12H2,1-2H3,(H,29,30)/b8-6+. The molecule has 0 amide bonds. The lowest BCUT2D eigenvalue weighted by Gasteiger charge is -2.09. The maximum atomic E-state index is 12.9. The topological polar surface area (TPSA) is 90.5 Å². The molecule has 0 atom stereocenters. The highest BCUT2D eigenvalue weighted by molar-refractivity contribution is 5.75. The molecule has 0 spiro atoms. The van der Waals surface area contributed by atoms with E-state index in [0.29, 0.717) is 55.1 Å². The van der Waals surface area contributed by atoms with Crippen LogP contribution >= 0.6 is 0 Å². The van der Waals surface area contributed by atoms with Gasteiger partial charge in [0.25, 0.3) is 5.56 Å². The van der Waals surface area contributed by atoms with E-state index in [1.807, 2.05) is 13.8 Å². The van der Waals surface area contributed by atoms with E-state index in [1.54, 1.807) is 35.3 Å². The summed E-state index contributed by atoms with van der Waals surface area (Å²) in [6, 6.07) is 5.07. The maximum absolute atomic E-state index is 12.9. The summed E-state index contributed by atoms with van der Waals surface area (Å²) in [5.41, 5.74) is 0.131. The summed E-state index contributed by atoms with van der Waals surface area (Å²) in [5.74, 6) is 0.406. The first-order chi connectivity index (χ1) is 16.7. The molecule has 1 aromatic carbocycles. The van der Waals surface area contributed by atoms with Crippen molar-refractivity contribution in [3.05, 3.63) is 74.7 Å². The number of fused-ring (bicyclic) bond motifs is 1. The number of hydrogen-bond donors (Lipinski definition) is 1. The Kier molecular flexibility index (Phi) is 6.77. The third-order valence-corrected chi connectivity index (χ3v) is 5.48. The van der Waals surface area contributed by atoms with Crippen LogP contribution in [0.5, 0.6) is 0 Å². The lowest BCUT2D eigenvalue weighted by Crippen LogP contribution is -2.40. The average molecular weight is 486 g/mol. The molecule has 0 saturated carbocycles. The Morgan fingerprint density at radius 1 is 1.09 bits per heavy atom. The third-order valence-electron chi connectivity index (χ3n) is 5.48. The summed E-state index contributed by atoms with van der Waals surface area (Å²) in [7, 11) is 0. The number of benzene rings is 1. The van der Waals surface area contributed by atoms with Crippen molar-refractivity contribution in [3.8, 4) is 11.4 Å². The number of aryl methyl sites for hydroxylation is 1. The predicted octanol–water partition coefficient (Wildman–Crippen LogP) is 4.30. The molecule has 0 unspecified atom stereocenters. The summed E-state index contributed by atoms with van der Waals surface area (Å²) in [6.45, 7) is 4.91. The molecule has 0 aliphatic rings. The molecule has 0 saturated heterocycles. The van der Waals surface area contributed by atoms with Crippen LogP contribution in [0.2, 0.25) is 0 Å². The van der Waals surface area contributed by atoms with Crippen LogP contribution in [0.25, 0.3) is 28.6 Å². The maximum Gasteiger partial charge on any atom is 0.416 e. The van der Waals surface area contributed by atoms with Gasteiger partial charge in [0.05, 0.1) is 23.9 Å². The van der Waals surface area contributed by atoms with Gasteiger partial charge in [-0.25, -0.2) is 9.78 Å². The molecule has 0 bridgehead atoms. The molecule has 8 nitrogen and oxygen atoms in total. The van der Waals surface area contributed by atoms with Crippen molar-refractivity contribution >= 4 is 17.2 Å². The fourth-order valence-corrected chi connectivity index (χ4v) is 3.85. The average Bonchev–Trinajstić information content (AvgIpc) is 3.47. The molecular formula is C24H25F3N6O2. The molecule has 3 aromatic heterocycles. The van der Waals surface area contributed by atoms with Crippen molar-refractivity contribution in [1.82, 2.24) is 28.9 Å². The number of halogens is 3. The molecule has 0 aliphatic heterocycles. The Hall–Kier alpha value is -3.89. The zero-order valence-corrected chi connectivity index (χ0v) is 19.3. The monoisotopic (exact) mass is 486 g/mol. The van der Waals surface area contributed by atoms with Crippen LogP contribution in [-0.4, -0.2) is 28.9 Å². The van der Waals surface area contributed by atoms with Gasteiger partial charge in [-0.05, 0) is 30.5 Å². The van der Waals surface area contributed by atoms with Crippen LogP contribution in [0.3, 0.4) is 0 Å². The van der Waals surface area contributed by atoms with E-state index in [0.717, 1.165) is 12.1 Å². The molecule has 4 aromatic rings. The molecule has 0 aliphatic carbocycles. The number of aromatic nitrogens is 6. The lowest BCUT2D eigenvalue weighted by atomic mass is 10.1. The van der Waals surface area contributed by atoms with Crippen LogP contribution in [-0.2, 0) is 25.8 Å². The van der Waals surface area contributed by atoms with Crippen LogP contribution in [0, 0.1) is 0 Å². The van der Waals surface area contributed by atoms with Gasteiger partial charge in [0.15, 0.2) is 5.65 Å². The molecule has 4 rings (SSSR count). The third kappa shape index (κ3) is 4.98. The van der Waals surface area contributed by atoms with Crippen molar-refractivity contribution in [2.24, 2.45) is 0 Å². The second kappa shape index (κ2) is 9.77. The zero-order valence-electron chi connectivity index (χ0n) is 19.3. The quantitative estimate of drug-likeness (QED) is 0.402. The van der Waals surface area contributed by atoms with Crippen molar-refractivity contribution < 1.29 is 13.2 Å². The first-order valence-corrected chi connectivity index (χ1v) is 11.3. The summed E-state index contributed by atoms with van der Waals surface area (Å²) >= 11 is 0. The first-order valence-electron chi connectivity index (χ1n) is 11.3. The highest BCUT2D eigenvalue weighted by atomic mass is 19.4. The van der Waals surface area contributed by atoms with Gasteiger partial charge in [0.2, 0.25) is 0 Å². The van der Waals surface area contributed by atoms with Crippen molar-refractivity contribution in [1.29, 1.82) is 0 Å². The smallest absolute Gasteiger partial charge is 0.332 e. The minimum Gasteiger partial charge on any atom is -0.332 e. The van der Waals surface area contributed by atoms with Crippen molar-refractivity contribution in [2.75, 3.05) is 0 Å². The molecule has 0 radical (unpaired) electrons. The Bertz CT molecular complexity index is 1490. The van der Waals surface area contributed by atoms with Gasteiger partial charge >= 0.3 is 11.9 Å². The number of imidazole rings is 1. The van der Waals surface area contributed by atoms with E-state index in [2.05, 4.69) is 15.1 Å². The minimum absolute atomic E-state index is 0.263. The van der Waals surface area contributed by atoms with E-state index in [-0.39, 0.29) is 11.2 Å². The lowest BCUT2D eigenvalue weighted by molar-refractivity contribution is -0.137. The van der Waals surface area contributed by atoms with Gasteiger partial charge in [-0.1, -0.05) is 38.1 Å². The van der Waals surface area contributed by atoms with Crippen LogP contribution in [0.1, 0.15) is 37.8 Å². The molecule has 1 N–H and O–H groups in total. The van der Waals surface area contributed by atoms with Gasteiger partial charge in [0, 0.05) is 19.3 Å². The molecular weight excluding hydrogens is 461 g/mol. The fourth-order valence-electron chi connectivity index (χ4n) is 3.85. The highest BCUT2D eigenvalue weighted by Crippen LogP contribution is 2.29. The van der Waals surface area contributed by atoms with E-state index >= 15 is 0 Å². The minimum atomic E-state index is -4.39. The largest absolute Gasteiger partial charge is 0.416 e. The number of H-pyrrole nitrogens is 1. The summed E-state index contributed by atoms with van der Waals surface area (Å²) < 4.78 is 43.0. The van der Waals surface area contributed by atoms with E-state index in [9.17, 15) is 22.8 Å². The van der Waals surface area contributed by atoms with Crippen LogP contribution in [0.15, 0.2) is 52.3 Å². The van der Waals surface area contributed by atoms with E-state index in [1.165, 1.54) is 15.2 Å². The first kappa shape index (κ1) is 24.2. The SMILES string of the molecule is CCCn1c(=O)c2[nH]c(-c3cnn(C/C=C/c4cccc(C(F)(F)F)c4)c3)nc2n(CCC)c1=O. The highest BCUT2D eigenvalue weighted by Gasteiger charge is 2.30. The Morgan fingerprint density at radius 3 is 2.54 bits per heavy atom. The second-order valence-corrected chi connectivity index (χ2v) is 8.15. The van der Waals surface area contributed by atoms with Gasteiger partial charge < -0.3 is 4.98 Å². The number of nitrogens with one attached hydrogen (secondary N) is 1. The van der Waals surface area contributed by atoms with E-state index < -0.39 is 17.3 Å². The van der Waals surface area contributed by atoms with Crippen LogP contribution in [0.4, 0.5) is 13.2 Å². The predicted molar refractivity (Wildman–Crippen MR) is 127 cm³/mol. The fraction of sp³-hybridized carbons (Fsp3) is 0.333. The van der Waals surface area contributed by atoms with Gasteiger partial charge in [-0.3, -0.25) is 18.6 Å². The number of allylic oxidation sites excluding steroid dienone is 1. The normalized spacial score (nSPS) is 12.3. The Morgan fingerprint density at radius 2 is 1.83 bits per heavy atom. The van der Waals surface area contributed by atoms with Crippen molar-refractivity contribution in [2.45, 2.75) is 52.5 Å². The summed E-state index contributed by atoms with van der Waals surface area (Å²) in [6.07, 6.45) is 3.54. The van der Waals surface area contributed by atoms with Crippen LogP contribution < -0.4 is 11.2 Å². The molecule has 0 fully saturated rings.